The number of benzene rings is 3. The molecule has 184 valence electrons. The Morgan fingerprint density at radius 3 is 2.53 bits per heavy atom. The van der Waals surface area contributed by atoms with Gasteiger partial charge in [0.15, 0.2) is 0 Å². The van der Waals surface area contributed by atoms with Crippen LogP contribution in [0.4, 0.5) is 0 Å². The summed E-state index contributed by atoms with van der Waals surface area (Å²) in [7, 11) is 1.85. The third-order valence-electron chi connectivity index (χ3n) is 7.59. The summed E-state index contributed by atoms with van der Waals surface area (Å²) in [5, 5.41) is 6.56. The van der Waals surface area contributed by atoms with Gasteiger partial charge >= 0.3 is 0 Å². The Morgan fingerprint density at radius 2 is 1.72 bits per heavy atom. The van der Waals surface area contributed by atoms with Gasteiger partial charge in [0.05, 0.1) is 0 Å². The molecule has 1 saturated carbocycles. The molecule has 3 aromatic carbocycles. The zero-order valence-electron chi connectivity index (χ0n) is 21.2. The first-order chi connectivity index (χ1) is 17.6. The van der Waals surface area contributed by atoms with Gasteiger partial charge in [-0.1, -0.05) is 61.0 Å². The Balaban J connectivity index is 1.21. The Labute approximate surface area is 214 Å². The molecule has 1 aliphatic rings. The highest BCUT2D eigenvalue weighted by Gasteiger charge is 2.25. The number of fused-ring (bicyclic) bond motifs is 1. The number of hydrogen-bond donors (Lipinski definition) is 1. The Kier molecular flexibility index (Phi) is 7.43. The van der Waals surface area contributed by atoms with Gasteiger partial charge in [0.2, 0.25) is 0 Å². The second kappa shape index (κ2) is 11.0. The van der Waals surface area contributed by atoms with E-state index in [2.05, 4.69) is 71.8 Å². The minimum absolute atomic E-state index is 0.0467. The Bertz CT molecular complexity index is 1300. The van der Waals surface area contributed by atoms with Gasteiger partial charge in [-0.05, 0) is 83.8 Å². The highest BCUT2D eigenvalue weighted by molar-refractivity contribution is 5.94. The lowest BCUT2D eigenvalue weighted by atomic mass is 9.80. The van der Waals surface area contributed by atoms with Crippen LogP contribution in [-0.2, 0) is 6.54 Å². The molecule has 0 spiro atoms. The first-order valence-electron chi connectivity index (χ1n) is 13.1. The molecule has 5 rings (SSSR count). The van der Waals surface area contributed by atoms with Gasteiger partial charge in [-0.3, -0.25) is 9.78 Å². The lowest BCUT2D eigenvalue weighted by Crippen LogP contribution is -2.35. The van der Waals surface area contributed by atoms with Crippen molar-refractivity contribution in [3.05, 3.63) is 114 Å². The normalized spacial score (nSPS) is 18.6. The maximum Gasteiger partial charge on any atom is 0.253 e. The van der Waals surface area contributed by atoms with Crippen LogP contribution in [0.25, 0.3) is 10.8 Å². The maximum absolute atomic E-state index is 12.9. The van der Waals surface area contributed by atoms with Crippen molar-refractivity contribution in [2.45, 2.75) is 57.2 Å². The topological polar surface area (TPSA) is 45.2 Å². The molecule has 1 N–H and O–H groups in total. The molecule has 0 radical (unpaired) electrons. The van der Waals surface area contributed by atoms with Crippen molar-refractivity contribution in [1.82, 2.24) is 15.2 Å². The summed E-state index contributed by atoms with van der Waals surface area (Å²) >= 11 is 0. The molecule has 4 heteroatoms. The lowest BCUT2D eigenvalue weighted by Gasteiger charge is -2.32. The molecule has 3 atom stereocenters. The molecule has 4 nitrogen and oxygen atoms in total. The van der Waals surface area contributed by atoms with Gasteiger partial charge in [0.25, 0.3) is 5.91 Å². The minimum Gasteiger partial charge on any atom is -0.337 e. The number of hydrogen-bond acceptors (Lipinski definition) is 3. The molecular formula is C32H35N3O. The van der Waals surface area contributed by atoms with E-state index in [1.165, 1.54) is 41.2 Å². The van der Waals surface area contributed by atoms with Crippen LogP contribution in [0.3, 0.4) is 0 Å². The standard InChI is InChI=1S/C32H35N3O/c1-23(30-12-6-8-26-7-3-4-11-31(26)30)34-29-10-5-9-28(21-29)25-13-15-27(16-14-25)32(36)35(2)22-24-17-19-33-20-18-24/h3-4,6-8,11-20,23,28-29,34H,5,9-10,21-22H2,1-2H3/t23-,28?,29?/m1/s1. The summed E-state index contributed by atoms with van der Waals surface area (Å²) in [6.45, 7) is 2.86. The third-order valence-corrected chi connectivity index (χ3v) is 7.59. The van der Waals surface area contributed by atoms with E-state index in [1.807, 2.05) is 31.3 Å². The number of nitrogens with one attached hydrogen (secondary N) is 1. The van der Waals surface area contributed by atoms with E-state index in [0.717, 1.165) is 17.5 Å². The second-order valence-electron chi connectivity index (χ2n) is 10.2. The van der Waals surface area contributed by atoms with Crippen molar-refractivity contribution in [2.24, 2.45) is 0 Å². The number of carbonyl (C=O) groups excluding carboxylic acids is 1. The van der Waals surface area contributed by atoms with Crippen LogP contribution in [-0.4, -0.2) is 28.9 Å². The quantitative estimate of drug-likeness (QED) is 0.315. The van der Waals surface area contributed by atoms with E-state index in [-0.39, 0.29) is 5.91 Å². The SMILES string of the molecule is C[C@@H](NC1CCCC(c2ccc(C(=O)N(C)Cc3ccncc3)cc2)C1)c1cccc2ccccc12. The van der Waals surface area contributed by atoms with Crippen molar-refractivity contribution in [2.75, 3.05) is 7.05 Å². The van der Waals surface area contributed by atoms with E-state index in [1.54, 1.807) is 17.3 Å². The van der Waals surface area contributed by atoms with E-state index in [0.29, 0.717) is 24.5 Å². The zero-order chi connectivity index (χ0) is 24.9. The summed E-state index contributed by atoms with van der Waals surface area (Å²) in [4.78, 5) is 18.8. The maximum atomic E-state index is 12.9. The molecule has 1 aromatic heterocycles. The number of pyridine rings is 1. The van der Waals surface area contributed by atoms with Crippen LogP contribution in [0.15, 0.2) is 91.3 Å². The Morgan fingerprint density at radius 1 is 0.972 bits per heavy atom. The molecule has 2 unspecified atom stereocenters. The first-order valence-corrected chi connectivity index (χ1v) is 13.1. The molecule has 1 heterocycles. The van der Waals surface area contributed by atoms with Gasteiger partial charge in [-0.25, -0.2) is 0 Å². The fourth-order valence-electron chi connectivity index (χ4n) is 5.67. The van der Waals surface area contributed by atoms with Crippen molar-refractivity contribution >= 4 is 16.7 Å². The predicted molar refractivity (Wildman–Crippen MR) is 147 cm³/mol. The zero-order valence-corrected chi connectivity index (χ0v) is 21.2. The molecule has 1 amide bonds. The highest BCUT2D eigenvalue weighted by atomic mass is 16.2. The van der Waals surface area contributed by atoms with Crippen molar-refractivity contribution < 1.29 is 4.79 Å². The first kappa shape index (κ1) is 24.2. The second-order valence-corrected chi connectivity index (χ2v) is 10.2. The number of carbonyl (C=O) groups is 1. The van der Waals surface area contributed by atoms with Gasteiger partial charge in [0.1, 0.15) is 0 Å². The summed E-state index contributed by atoms with van der Waals surface area (Å²) < 4.78 is 0. The average Bonchev–Trinajstić information content (AvgIpc) is 2.93. The smallest absolute Gasteiger partial charge is 0.253 e. The van der Waals surface area contributed by atoms with Crippen molar-refractivity contribution in [3.8, 4) is 0 Å². The molecule has 36 heavy (non-hydrogen) atoms. The van der Waals surface area contributed by atoms with Crippen LogP contribution in [0, 0.1) is 0 Å². The van der Waals surface area contributed by atoms with Crippen molar-refractivity contribution in [1.29, 1.82) is 0 Å². The lowest BCUT2D eigenvalue weighted by molar-refractivity contribution is 0.0785. The number of nitrogens with zero attached hydrogens (tertiary/aromatic N) is 2. The molecule has 1 fully saturated rings. The number of aromatic nitrogens is 1. The van der Waals surface area contributed by atoms with Crippen LogP contribution in [0.2, 0.25) is 0 Å². The Hall–Kier alpha value is -3.50. The largest absolute Gasteiger partial charge is 0.337 e. The van der Waals surface area contributed by atoms with E-state index < -0.39 is 0 Å². The van der Waals surface area contributed by atoms with E-state index >= 15 is 0 Å². The summed E-state index contributed by atoms with van der Waals surface area (Å²) in [6.07, 6.45) is 8.29. The number of amides is 1. The van der Waals surface area contributed by atoms with E-state index in [4.69, 9.17) is 0 Å². The molecule has 0 aliphatic heterocycles. The van der Waals surface area contributed by atoms with Crippen LogP contribution >= 0.6 is 0 Å². The third kappa shape index (κ3) is 5.50. The predicted octanol–water partition coefficient (Wildman–Crippen LogP) is 6.88. The van der Waals surface area contributed by atoms with Gasteiger partial charge in [-0.15, -0.1) is 0 Å². The van der Waals surface area contributed by atoms with Crippen LogP contribution in [0.5, 0.6) is 0 Å². The summed E-state index contributed by atoms with van der Waals surface area (Å²) in [5.74, 6) is 0.570. The average molecular weight is 478 g/mol. The van der Waals surface area contributed by atoms with Gasteiger partial charge in [0, 0.05) is 43.6 Å². The fraction of sp³-hybridized carbons (Fsp3) is 0.312. The van der Waals surface area contributed by atoms with Gasteiger partial charge in [-0.2, -0.15) is 0 Å². The van der Waals surface area contributed by atoms with Gasteiger partial charge < -0.3 is 10.2 Å². The molecule has 0 saturated heterocycles. The van der Waals surface area contributed by atoms with Crippen LogP contribution in [0.1, 0.15) is 71.6 Å². The highest BCUT2D eigenvalue weighted by Crippen LogP contribution is 2.34. The molecule has 1 aliphatic carbocycles. The van der Waals surface area contributed by atoms with E-state index in [9.17, 15) is 4.79 Å². The summed E-state index contributed by atoms with van der Waals surface area (Å²) in [5.41, 5.74) is 4.53. The number of rotatable bonds is 7. The van der Waals surface area contributed by atoms with Crippen molar-refractivity contribution in [3.63, 3.8) is 0 Å². The monoisotopic (exact) mass is 477 g/mol. The summed E-state index contributed by atoms with van der Waals surface area (Å²) in [6, 6.07) is 28.2. The van der Waals surface area contributed by atoms with Crippen LogP contribution < -0.4 is 5.32 Å². The molecule has 0 bridgehead atoms. The minimum atomic E-state index is 0.0467. The molecular weight excluding hydrogens is 442 g/mol. The molecule has 4 aromatic rings. The fourth-order valence-corrected chi connectivity index (χ4v) is 5.67.